The van der Waals surface area contributed by atoms with E-state index in [1.54, 1.807) is 4.57 Å². The van der Waals surface area contributed by atoms with Gasteiger partial charge in [-0.1, -0.05) is 0 Å². The number of ether oxygens (including phenoxy) is 1. The normalized spacial score (nSPS) is 21.9. The van der Waals surface area contributed by atoms with Crippen LogP contribution < -0.4 is 4.74 Å². The Balaban J connectivity index is 2.17. The van der Waals surface area contributed by atoms with Crippen LogP contribution in [0, 0.1) is 4.77 Å². The highest BCUT2D eigenvalue weighted by molar-refractivity contribution is 7.91. The summed E-state index contributed by atoms with van der Waals surface area (Å²) in [4.78, 5) is 11.2. The Bertz CT molecular complexity index is 809. The molecule has 2 aromatic heterocycles. The molecule has 0 spiro atoms. The first-order chi connectivity index (χ1) is 9.52. The summed E-state index contributed by atoms with van der Waals surface area (Å²) >= 11 is 5.31. The Kier molecular flexibility index (Phi) is 3.25. The Hall–Kier alpha value is -1.48. The van der Waals surface area contributed by atoms with Gasteiger partial charge in [-0.15, -0.1) is 0 Å². The first-order valence-electron chi connectivity index (χ1n) is 6.21. The molecule has 1 N–H and O–H groups in total. The minimum absolute atomic E-state index is 0.0978. The van der Waals surface area contributed by atoms with Gasteiger partial charge in [0.15, 0.2) is 20.3 Å². The maximum Gasteiger partial charge on any atom is 0.242 e. The zero-order valence-electron chi connectivity index (χ0n) is 10.9. The molecule has 3 rings (SSSR count). The number of aromatic nitrogens is 4. The molecule has 0 saturated carbocycles. The van der Waals surface area contributed by atoms with Crippen molar-refractivity contribution in [2.45, 2.75) is 18.9 Å². The van der Waals surface area contributed by atoms with Crippen molar-refractivity contribution in [3.8, 4) is 5.88 Å². The predicted molar refractivity (Wildman–Crippen MR) is 76.2 cm³/mol. The Morgan fingerprint density at radius 2 is 2.30 bits per heavy atom. The second-order valence-corrected chi connectivity index (χ2v) is 7.41. The molecular formula is C11H14N4O3S2. The lowest BCUT2D eigenvalue weighted by molar-refractivity contribution is 0.401. The van der Waals surface area contributed by atoms with Crippen molar-refractivity contribution in [2.24, 2.45) is 0 Å². The van der Waals surface area contributed by atoms with Gasteiger partial charge in [-0.2, -0.15) is 4.98 Å². The Morgan fingerprint density at radius 1 is 1.50 bits per heavy atom. The summed E-state index contributed by atoms with van der Waals surface area (Å²) in [6, 6.07) is -0.186. The van der Waals surface area contributed by atoms with Crippen LogP contribution in [0.15, 0.2) is 6.33 Å². The van der Waals surface area contributed by atoms with E-state index in [1.807, 2.05) is 0 Å². The highest BCUT2D eigenvalue weighted by Crippen LogP contribution is 2.29. The molecule has 2 aromatic rings. The topological polar surface area (TPSA) is 89.9 Å². The van der Waals surface area contributed by atoms with E-state index in [0.717, 1.165) is 6.42 Å². The van der Waals surface area contributed by atoms with Crippen LogP contribution in [0.5, 0.6) is 5.88 Å². The van der Waals surface area contributed by atoms with E-state index in [9.17, 15) is 8.42 Å². The van der Waals surface area contributed by atoms with Gasteiger partial charge in [-0.3, -0.25) is 4.57 Å². The highest BCUT2D eigenvalue weighted by atomic mass is 32.2. The third-order valence-electron chi connectivity index (χ3n) is 3.47. The molecule has 9 heteroatoms. The van der Waals surface area contributed by atoms with Crippen molar-refractivity contribution >= 4 is 33.2 Å². The van der Waals surface area contributed by atoms with E-state index in [-0.39, 0.29) is 17.5 Å². The summed E-state index contributed by atoms with van der Waals surface area (Å²) < 4.78 is 31.0. The summed E-state index contributed by atoms with van der Waals surface area (Å²) in [6.45, 7) is 0. The maximum absolute atomic E-state index is 11.8. The molecule has 1 aliphatic heterocycles. The number of nitrogens with zero attached hydrogens (tertiary/aromatic N) is 3. The first-order valence-corrected chi connectivity index (χ1v) is 8.44. The predicted octanol–water partition coefficient (Wildman–Crippen LogP) is 1.25. The van der Waals surface area contributed by atoms with Gasteiger partial charge < -0.3 is 9.72 Å². The zero-order valence-corrected chi connectivity index (χ0v) is 12.5. The molecule has 1 aliphatic rings. The Morgan fingerprint density at radius 3 is 3.00 bits per heavy atom. The van der Waals surface area contributed by atoms with Crippen molar-refractivity contribution in [1.29, 1.82) is 0 Å². The number of H-pyrrole nitrogens is 1. The molecule has 1 atom stereocenters. The van der Waals surface area contributed by atoms with Gasteiger partial charge in [0.25, 0.3) is 0 Å². The first kappa shape index (κ1) is 13.5. The van der Waals surface area contributed by atoms with E-state index in [1.165, 1.54) is 13.4 Å². The molecular weight excluding hydrogens is 300 g/mol. The number of hydrogen-bond acceptors (Lipinski definition) is 6. The molecule has 1 unspecified atom stereocenters. The standard InChI is InChI=1S/C11H14N4O3S2/c1-18-10-8-9(12-6-13-10)15(11(19)14-8)7-3-2-4-20(16,17)5-7/h6-7H,2-5H2,1H3,(H,14,19). The lowest BCUT2D eigenvalue weighted by Crippen LogP contribution is -2.27. The summed E-state index contributed by atoms with van der Waals surface area (Å²) in [7, 11) is -1.50. The monoisotopic (exact) mass is 314 g/mol. The summed E-state index contributed by atoms with van der Waals surface area (Å²) in [5.74, 6) is 0.747. The van der Waals surface area contributed by atoms with E-state index in [2.05, 4.69) is 15.0 Å². The van der Waals surface area contributed by atoms with Crippen LogP contribution in [0.3, 0.4) is 0 Å². The molecule has 20 heavy (non-hydrogen) atoms. The quantitative estimate of drug-likeness (QED) is 0.839. The summed E-state index contributed by atoms with van der Waals surface area (Å²) in [5, 5.41) is 0. The van der Waals surface area contributed by atoms with Crippen LogP contribution in [-0.2, 0) is 9.84 Å². The van der Waals surface area contributed by atoms with Gasteiger partial charge >= 0.3 is 0 Å². The molecule has 0 radical (unpaired) electrons. The van der Waals surface area contributed by atoms with Crippen molar-refractivity contribution in [3.05, 3.63) is 11.1 Å². The van der Waals surface area contributed by atoms with E-state index in [4.69, 9.17) is 17.0 Å². The van der Waals surface area contributed by atoms with Crippen LogP contribution in [0.2, 0.25) is 0 Å². The molecule has 0 bridgehead atoms. The number of sulfone groups is 1. The van der Waals surface area contributed by atoms with Gasteiger partial charge in [-0.05, 0) is 25.1 Å². The number of hydrogen-bond donors (Lipinski definition) is 1. The minimum Gasteiger partial charge on any atom is -0.479 e. The lowest BCUT2D eigenvalue weighted by Gasteiger charge is -2.23. The fourth-order valence-corrected chi connectivity index (χ4v) is 4.62. The van der Waals surface area contributed by atoms with Crippen LogP contribution in [0.25, 0.3) is 11.2 Å². The van der Waals surface area contributed by atoms with Gasteiger partial charge in [0.2, 0.25) is 5.88 Å². The van der Waals surface area contributed by atoms with Gasteiger partial charge in [0.1, 0.15) is 11.8 Å². The summed E-state index contributed by atoms with van der Waals surface area (Å²) in [5.41, 5.74) is 1.19. The van der Waals surface area contributed by atoms with Gasteiger partial charge in [0, 0.05) is 0 Å². The van der Waals surface area contributed by atoms with Crippen LogP contribution in [-0.4, -0.2) is 46.6 Å². The second kappa shape index (κ2) is 4.81. The molecule has 108 valence electrons. The van der Waals surface area contributed by atoms with Crippen LogP contribution in [0.4, 0.5) is 0 Å². The third-order valence-corrected chi connectivity index (χ3v) is 5.57. The fraction of sp³-hybridized carbons (Fsp3) is 0.545. The highest BCUT2D eigenvalue weighted by Gasteiger charge is 2.28. The zero-order chi connectivity index (χ0) is 14.3. The molecule has 7 nitrogen and oxygen atoms in total. The minimum atomic E-state index is -3.01. The molecule has 0 amide bonds. The van der Waals surface area contributed by atoms with E-state index >= 15 is 0 Å². The number of rotatable bonds is 2. The molecule has 1 fully saturated rings. The average molecular weight is 314 g/mol. The number of fused-ring (bicyclic) bond motifs is 1. The maximum atomic E-state index is 11.8. The summed E-state index contributed by atoms with van der Waals surface area (Å²) in [6.07, 6.45) is 2.80. The second-order valence-electron chi connectivity index (χ2n) is 4.79. The number of methoxy groups -OCH3 is 1. The number of aromatic amines is 1. The van der Waals surface area contributed by atoms with Crippen molar-refractivity contribution < 1.29 is 13.2 Å². The molecule has 1 saturated heterocycles. The van der Waals surface area contributed by atoms with Crippen LogP contribution >= 0.6 is 12.2 Å². The smallest absolute Gasteiger partial charge is 0.242 e. The van der Waals surface area contributed by atoms with E-state index < -0.39 is 9.84 Å². The Labute approximate surface area is 120 Å². The SMILES string of the molecule is COc1ncnc2c1[nH]c(=S)n2C1CCCS(=O)(=O)C1. The average Bonchev–Trinajstić information content (AvgIpc) is 2.73. The molecule has 0 aromatic carbocycles. The van der Waals surface area contributed by atoms with Gasteiger partial charge in [-0.25, -0.2) is 13.4 Å². The molecule has 3 heterocycles. The van der Waals surface area contributed by atoms with Gasteiger partial charge in [0.05, 0.1) is 24.7 Å². The van der Waals surface area contributed by atoms with E-state index in [0.29, 0.717) is 28.2 Å². The molecule has 0 aliphatic carbocycles. The van der Waals surface area contributed by atoms with Crippen LogP contribution in [0.1, 0.15) is 18.9 Å². The largest absolute Gasteiger partial charge is 0.479 e. The third kappa shape index (κ3) is 2.20. The van der Waals surface area contributed by atoms with Crippen molar-refractivity contribution in [1.82, 2.24) is 19.5 Å². The lowest BCUT2D eigenvalue weighted by atomic mass is 10.2. The number of nitrogens with one attached hydrogen (secondary N) is 1. The van der Waals surface area contributed by atoms with Crippen molar-refractivity contribution in [2.75, 3.05) is 18.6 Å². The number of imidazole rings is 1. The fourth-order valence-electron chi connectivity index (χ4n) is 2.61. The van der Waals surface area contributed by atoms with Crippen molar-refractivity contribution in [3.63, 3.8) is 0 Å².